The van der Waals surface area contributed by atoms with Gasteiger partial charge in [0.2, 0.25) is 0 Å². The van der Waals surface area contributed by atoms with Crippen molar-refractivity contribution in [2.75, 3.05) is 0 Å². The average molecular weight is 272 g/mol. The molecule has 0 saturated heterocycles. The number of halogens is 1. The molecule has 3 N–H and O–H groups in total. The lowest BCUT2D eigenvalue weighted by molar-refractivity contribution is -0.000250. The smallest absolute Gasteiger partial charge is 0.404 e. The Bertz CT molecular complexity index is 398. The summed E-state index contributed by atoms with van der Waals surface area (Å²) >= 11 is 6.00. The molecule has 0 aliphatic heterocycles. The van der Waals surface area contributed by atoms with Crippen molar-refractivity contribution >= 4 is 17.7 Å². The number of nitrogens with two attached hydrogens (primary N) is 1. The van der Waals surface area contributed by atoms with E-state index in [0.717, 1.165) is 12.8 Å². The molecule has 0 heterocycles. The zero-order valence-electron chi connectivity index (χ0n) is 10.3. The van der Waals surface area contributed by atoms with Crippen molar-refractivity contribution < 1.29 is 14.6 Å². The summed E-state index contributed by atoms with van der Waals surface area (Å²) in [6.45, 7) is 2.02. The van der Waals surface area contributed by atoms with Crippen LogP contribution < -0.4 is 5.73 Å². The zero-order chi connectivity index (χ0) is 13.5. The van der Waals surface area contributed by atoms with E-state index in [-0.39, 0.29) is 0 Å². The molecule has 4 nitrogen and oxygen atoms in total. The fourth-order valence-electron chi connectivity index (χ4n) is 1.75. The predicted molar refractivity (Wildman–Crippen MR) is 70.4 cm³/mol. The molecule has 1 aromatic carbocycles. The molecule has 0 radical (unpaired) electrons. The summed E-state index contributed by atoms with van der Waals surface area (Å²) in [6.07, 6.45) is -0.193. The molecule has 1 amide bonds. The third-order valence-corrected chi connectivity index (χ3v) is 3.03. The van der Waals surface area contributed by atoms with Crippen LogP contribution in [0.5, 0.6) is 0 Å². The van der Waals surface area contributed by atoms with Gasteiger partial charge >= 0.3 is 6.09 Å². The quantitative estimate of drug-likeness (QED) is 0.835. The van der Waals surface area contributed by atoms with Crippen LogP contribution >= 0.6 is 11.6 Å². The molecule has 0 aromatic heterocycles. The molecule has 100 valence electrons. The lowest BCUT2D eigenvalue weighted by Gasteiger charge is -2.23. The van der Waals surface area contributed by atoms with Gasteiger partial charge in [0.05, 0.1) is 0 Å². The van der Waals surface area contributed by atoms with Crippen LogP contribution in [0.2, 0.25) is 5.02 Å². The summed E-state index contributed by atoms with van der Waals surface area (Å²) in [4.78, 5) is 10.8. The first-order valence-electron chi connectivity index (χ1n) is 5.94. The standard InChI is InChI=1S/C13H18ClNO3/c1-2-3-8-11(18-13(15)17)12(16)9-6-4-5-7-10(9)14/h4-7,11-12,16H,2-3,8H2,1H3,(H2,15,17)/t11-,12-/m0/s1. The molecule has 0 unspecified atom stereocenters. The van der Waals surface area contributed by atoms with Gasteiger partial charge in [-0.1, -0.05) is 43.1 Å². The minimum absolute atomic E-state index is 0.444. The van der Waals surface area contributed by atoms with E-state index in [9.17, 15) is 9.90 Å². The van der Waals surface area contributed by atoms with E-state index in [2.05, 4.69) is 0 Å². The number of aliphatic hydroxyl groups is 1. The van der Waals surface area contributed by atoms with E-state index in [4.69, 9.17) is 22.1 Å². The van der Waals surface area contributed by atoms with Crippen LogP contribution in [0, 0.1) is 0 Å². The van der Waals surface area contributed by atoms with Gasteiger partial charge in [-0.2, -0.15) is 0 Å². The summed E-state index contributed by atoms with van der Waals surface area (Å²) < 4.78 is 4.95. The van der Waals surface area contributed by atoms with E-state index in [1.54, 1.807) is 24.3 Å². The second-order valence-electron chi connectivity index (χ2n) is 4.08. The number of hydrogen-bond acceptors (Lipinski definition) is 3. The van der Waals surface area contributed by atoms with Gasteiger partial charge in [-0.3, -0.25) is 0 Å². The molecule has 0 saturated carbocycles. The number of rotatable bonds is 6. The van der Waals surface area contributed by atoms with E-state index in [1.807, 2.05) is 6.92 Å². The highest BCUT2D eigenvalue weighted by molar-refractivity contribution is 6.31. The van der Waals surface area contributed by atoms with Gasteiger partial charge in [-0.25, -0.2) is 4.79 Å². The molecule has 0 aliphatic carbocycles. The Morgan fingerprint density at radius 3 is 2.72 bits per heavy atom. The largest absolute Gasteiger partial charge is 0.443 e. The van der Waals surface area contributed by atoms with Gasteiger partial charge in [0.1, 0.15) is 12.2 Å². The van der Waals surface area contributed by atoms with Crippen molar-refractivity contribution in [3.05, 3.63) is 34.9 Å². The third kappa shape index (κ3) is 4.20. The number of primary amides is 1. The zero-order valence-corrected chi connectivity index (χ0v) is 11.1. The van der Waals surface area contributed by atoms with Gasteiger partial charge < -0.3 is 15.6 Å². The summed E-state index contributed by atoms with van der Waals surface area (Å²) in [5.74, 6) is 0. The van der Waals surface area contributed by atoms with Crippen LogP contribution in [0.4, 0.5) is 4.79 Å². The number of carbonyl (C=O) groups is 1. The fraction of sp³-hybridized carbons (Fsp3) is 0.462. The van der Waals surface area contributed by atoms with Crippen molar-refractivity contribution in [3.63, 3.8) is 0 Å². The van der Waals surface area contributed by atoms with E-state index in [1.165, 1.54) is 0 Å². The summed E-state index contributed by atoms with van der Waals surface area (Å²) in [5.41, 5.74) is 5.56. The Morgan fingerprint density at radius 2 is 2.17 bits per heavy atom. The molecule has 0 fully saturated rings. The molecule has 2 atom stereocenters. The maximum absolute atomic E-state index is 10.8. The Balaban J connectivity index is 2.83. The predicted octanol–water partition coefficient (Wildman–Crippen LogP) is 3.03. The molecule has 1 rings (SSSR count). The first-order chi connectivity index (χ1) is 8.56. The fourth-order valence-corrected chi connectivity index (χ4v) is 2.00. The van der Waals surface area contributed by atoms with E-state index in [0.29, 0.717) is 17.0 Å². The number of hydrogen-bond donors (Lipinski definition) is 2. The number of carbonyl (C=O) groups excluding carboxylic acids is 1. The second-order valence-corrected chi connectivity index (χ2v) is 4.49. The molecule has 5 heteroatoms. The summed E-state index contributed by atoms with van der Waals surface area (Å²) in [7, 11) is 0. The van der Waals surface area contributed by atoms with Gasteiger partial charge in [0.25, 0.3) is 0 Å². The summed E-state index contributed by atoms with van der Waals surface area (Å²) in [6, 6.07) is 6.93. The minimum Gasteiger partial charge on any atom is -0.443 e. The molecular formula is C13H18ClNO3. The highest BCUT2D eigenvalue weighted by Gasteiger charge is 2.25. The number of ether oxygens (including phenoxy) is 1. The van der Waals surface area contributed by atoms with Crippen molar-refractivity contribution in [2.45, 2.75) is 38.4 Å². The van der Waals surface area contributed by atoms with E-state index >= 15 is 0 Å². The molecule has 18 heavy (non-hydrogen) atoms. The Hall–Kier alpha value is -1.26. The van der Waals surface area contributed by atoms with Gasteiger partial charge in [0.15, 0.2) is 0 Å². The van der Waals surface area contributed by atoms with Crippen molar-refractivity contribution in [1.29, 1.82) is 0 Å². The third-order valence-electron chi connectivity index (χ3n) is 2.69. The monoisotopic (exact) mass is 271 g/mol. The lowest BCUT2D eigenvalue weighted by atomic mass is 10.00. The van der Waals surface area contributed by atoms with Crippen LogP contribution in [0.3, 0.4) is 0 Å². The number of amides is 1. The normalized spacial score (nSPS) is 13.9. The topological polar surface area (TPSA) is 72.5 Å². The first-order valence-corrected chi connectivity index (χ1v) is 6.32. The van der Waals surface area contributed by atoms with Crippen molar-refractivity contribution in [3.8, 4) is 0 Å². The maximum atomic E-state index is 10.8. The van der Waals surface area contributed by atoms with Crippen LogP contribution in [0.15, 0.2) is 24.3 Å². The van der Waals surface area contributed by atoms with Crippen LogP contribution in [-0.4, -0.2) is 17.3 Å². The van der Waals surface area contributed by atoms with Crippen LogP contribution in [0.25, 0.3) is 0 Å². The Labute approximate surface area is 112 Å². The SMILES string of the molecule is CCCC[C@H](OC(N)=O)[C@@H](O)c1ccccc1Cl. The minimum atomic E-state index is -0.960. The Morgan fingerprint density at radius 1 is 1.50 bits per heavy atom. The number of aliphatic hydroxyl groups excluding tert-OH is 1. The van der Waals surface area contributed by atoms with Gasteiger partial charge in [0, 0.05) is 10.6 Å². The van der Waals surface area contributed by atoms with E-state index < -0.39 is 18.3 Å². The number of unbranched alkanes of at least 4 members (excludes halogenated alkanes) is 1. The van der Waals surface area contributed by atoms with Gasteiger partial charge in [-0.15, -0.1) is 0 Å². The molecular weight excluding hydrogens is 254 g/mol. The maximum Gasteiger partial charge on any atom is 0.404 e. The van der Waals surface area contributed by atoms with Crippen LogP contribution in [-0.2, 0) is 4.74 Å². The average Bonchev–Trinajstić information content (AvgIpc) is 2.34. The molecule has 1 aromatic rings. The lowest BCUT2D eigenvalue weighted by Crippen LogP contribution is -2.28. The number of benzene rings is 1. The second kappa shape index (κ2) is 7.24. The van der Waals surface area contributed by atoms with Gasteiger partial charge in [-0.05, 0) is 18.9 Å². The first kappa shape index (κ1) is 14.8. The molecule has 0 spiro atoms. The Kier molecular flexibility index (Phi) is 5.95. The molecule has 0 aliphatic rings. The highest BCUT2D eigenvalue weighted by Crippen LogP contribution is 2.28. The highest BCUT2D eigenvalue weighted by atomic mass is 35.5. The van der Waals surface area contributed by atoms with Crippen molar-refractivity contribution in [1.82, 2.24) is 0 Å². The van der Waals surface area contributed by atoms with Crippen LogP contribution in [0.1, 0.15) is 37.9 Å². The summed E-state index contributed by atoms with van der Waals surface area (Å²) in [5, 5.41) is 10.7. The van der Waals surface area contributed by atoms with Crippen molar-refractivity contribution in [2.24, 2.45) is 5.73 Å². The molecule has 0 bridgehead atoms.